The van der Waals surface area contributed by atoms with Crippen molar-refractivity contribution in [2.75, 3.05) is 17.2 Å². The number of nitrogens with zero attached hydrogens (tertiary/aromatic N) is 2. The first-order chi connectivity index (χ1) is 10.4. The third-order valence-electron chi connectivity index (χ3n) is 4.31. The lowest BCUT2D eigenvalue weighted by Gasteiger charge is -2.23. The Morgan fingerprint density at radius 3 is 2.90 bits per heavy atom. The van der Waals surface area contributed by atoms with Crippen molar-refractivity contribution in [2.24, 2.45) is 0 Å². The Morgan fingerprint density at radius 1 is 1.24 bits per heavy atom. The van der Waals surface area contributed by atoms with Crippen LogP contribution in [-0.2, 0) is 6.42 Å². The van der Waals surface area contributed by atoms with Crippen LogP contribution in [-0.4, -0.2) is 22.6 Å². The molecule has 4 nitrogen and oxygen atoms in total. The summed E-state index contributed by atoms with van der Waals surface area (Å²) in [5.41, 5.74) is 2.31. The fourth-order valence-corrected chi connectivity index (χ4v) is 3.16. The zero-order valence-corrected chi connectivity index (χ0v) is 13.0. The van der Waals surface area contributed by atoms with Crippen LogP contribution >= 0.6 is 0 Å². The maximum Gasteiger partial charge on any atom is 0.154 e. The number of anilines is 2. The molecule has 0 saturated heterocycles. The van der Waals surface area contributed by atoms with Crippen LogP contribution in [0.4, 0.5) is 11.5 Å². The van der Waals surface area contributed by atoms with Gasteiger partial charge in [0.25, 0.3) is 0 Å². The molecule has 3 rings (SSSR count). The summed E-state index contributed by atoms with van der Waals surface area (Å²) in [4.78, 5) is 9.47. The summed E-state index contributed by atoms with van der Waals surface area (Å²) >= 11 is 0. The van der Waals surface area contributed by atoms with Gasteiger partial charge in [0.15, 0.2) is 11.6 Å². The minimum atomic E-state index is 0.584. The number of aromatic nitrogens is 2. The van der Waals surface area contributed by atoms with E-state index in [0.717, 1.165) is 49.6 Å². The summed E-state index contributed by atoms with van der Waals surface area (Å²) in [6.45, 7) is 3.22. The van der Waals surface area contributed by atoms with Gasteiger partial charge in [0.2, 0.25) is 0 Å². The van der Waals surface area contributed by atoms with Crippen molar-refractivity contribution < 1.29 is 0 Å². The Bertz CT molecular complexity index is 504. The Morgan fingerprint density at radius 2 is 2.10 bits per heavy atom. The summed E-state index contributed by atoms with van der Waals surface area (Å²) in [6.07, 6.45) is 13.9. The predicted molar refractivity (Wildman–Crippen MR) is 88.7 cm³/mol. The highest BCUT2D eigenvalue weighted by Crippen LogP contribution is 2.30. The second kappa shape index (κ2) is 6.92. The van der Waals surface area contributed by atoms with Crippen molar-refractivity contribution >= 4 is 17.6 Å². The number of hydrogen-bond donors (Lipinski definition) is 2. The average molecular weight is 286 g/mol. The molecule has 21 heavy (non-hydrogen) atoms. The molecule has 1 aliphatic carbocycles. The molecule has 0 radical (unpaired) electrons. The van der Waals surface area contributed by atoms with E-state index in [2.05, 4.69) is 29.7 Å². The molecule has 0 spiro atoms. The number of rotatable bonds is 5. The van der Waals surface area contributed by atoms with Crippen LogP contribution in [0.15, 0.2) is 6.08 Å². The largest absolute Gasteiger partial charge is 0.381 e. The molecule has 2 N–H and O–H groups in total. The van der Waals surface area contributed by atoms with Crippen molar-refractivity contribution in [3.05, 3.63) is 17.6 Å². The van der Waals surface area contributed by atoms with Gasteiger partial charge < -0.3 is 10.6 Å². The fourth-order valence-electron chi connectivity index (χ4n) is 3.16. The van der Waals surface area contributed by atoms with E-state index in [1.54, 1.807) is 0 Å². The van der Waals surface area contributed by atoms with Crippen molar-refractivity contribution in [3.8, 4) is 0 Å². The third-order valence-corrected chi connectivity index (χ3v) is 4.31. The van der Waals surface area contributed by atoms with E-state index >= 15 is 0 Å². The van der Waals surface area contributed by atoms with Crippen LogP contribution in [0.1, 0.15) is 63.4 Å². The highest BCUT2D eigenvalue weighted by Gasteiger charge is 2.21. The molecular weight excluding hydrogens is 260 g/mol. The van der Waals surface area contributed by atoms with Crippen LogP contribution < -0.4 is 10.6 Å². The first kappa shape index (κ1) is 14.4. The summed E-state index contributed by atoms with van der Waals surface area (Å²) < 4.78 is 0. The van der Waals surface area contributed by atoms with E-state index in [4.69, 9.17) is 9.97 Å². The lowest BCUT2D eigenvalue weighted by atomic mass is 10.1. The van der Waals surface area contributed by atoms with E-state index in [0.29, 0.717) is 6.04 Å². The maximum absolute atomic E-state index is 4.75. The van der Waals surface area contributed by atoms with Gasteiger partial charge >= 0.3 is 0 Å². The van der Waals surface area contributed by atoms with Gasteiger partial charge in [-0.1, -0.05) is 32.3 Å². The van der Waals surface area contributed by atoms with E-state index < -0.39 is 0 Å². The lowest BCUT2D eigenvalue weighted by molar-refractivity contribution is 0.741. The molecule has 0 aromatic carbocycles. The van der Waals surface area contributed by atoms with Gasteiger partial charge in [-0.15, -0.1) is 0 Å². The smallest absolute Gasteiger partial charge is 0.154 e. The minimum Gasteiger partial charge on any atom is -0.381 e. The molecule has 114 valence electrons. The summed E-state index contributed by atoms with van der Waals surface area (Å²) in [6, 6.07) is 0.584. The molecule has 1 saturated carbocycles. The Labute approximate surface area is 127 Å². The number of aryl methyl sites for hydroxylation is 1. The minimum absolute atomic E-state index is 0.584. The second-order valence-corrected chi connectivity index (χ2v) is 6.10. The van der Waals surface area contributed by atoms with Crippen LogP contribution in [0.5, 0.6) is 0 Å². The molecule has 0 bridgehead atoms. The van der Waals surface area contributed by atoms with Crippen molar-refractivity contribution in [1.82, 2.24) is 9.97 Å². The standard InChI is InChI=1S/C17H26N4/c1-2-3-4-11-15-20-14-10-7-12-18-16(14)17(21-15)19-13-8-5-6-9-13/h4,11,13,18H,2-3,5-10,12H2,1H3,(H,19,20,21)/b11-4+. The summed E-state index contributed by atoms with van der Waals surface area (Å²) in [7, 11) is 0. The first-order valence-corrected chi connectivity index (χ1v) is 8.44. The molecule has 1 aliphatic heterocycles. The second-order valence-electron chi connectivity index (χ2n) is 6.10. The van der Waals surface area contributed by atoms with Crippen molar-refractivity contribution in [3.63, 3.8) is 0 Å². The summed E-state index contributed by atoms with van der Waals surface area (Å²) in [5, 5.41) is 7.14. The van der Waals surface area contributed by atoms with Crippen LogP contribution in [0, 0.1) is 0 Å². The molecule has 1 aromatic heterocycles. The number of unbranched alkanes of at least 4 members (excludes halogenated alkanes) is 1. The highest BCUT2D eigenvalue weighted by atomic mass is 15.1. The quantitative estimate of drug-likeness (QED) is 0.859. The van der Waals surface area contributed by atoms with E-state index in [9.17, 15) is 0 Å². The molecular formula is C17H26N4. The molecule has 1 aromatic rings. The number of allylic oxidation sites excluding steroid dienone is 1. The van der Waals surface area contributed by atoms with E-state index in [1.165, 1.54) is 31.4 Å². The topological polar surface area (TPSA) is 49.8 Å². The fraction of sp³-hybridized carbons (Fsp3) is 0.647. The molecule has 0 unspecified atom stereocenters. The van der Waals surface area contributed by atoms with Crippen LogP contribution in [0.3, 0.4) is 0 Å². The van der Waals surface area contributed by atoms with Gasteiger partial charge in [0.05, 0.1) is 11.4 Å². The van der Waals surface area contributed by atoms with Crippen LogP contribution in [0.2, 0.25) is 0 Å². The number of hydrogen-bond acceptors (Lipinski definition) is 4. The Balaban J connectivity index is 1.85. The molecule has 2 heterocycles. The molecule has 4 heteroatoms. The first-order valence-electron chi connectivity index (χ1n) is 8.44. The molecule has 0 atom stereocenters. The Hall–Kier alpha value is -1.58. The maximum atomic E-state index is 4.75. The van der Waals surface area contributed by atoms with Gasteiger partial charge in [-0.2, -0.15) is 0 Å². The zero-order chi connectivity index (χ0) is 14.5. The normalized spacial score (nSPS) is 18.7. The SMILES string of the molecule is CCC/C=C/c1nc2c(c(NC3CCCC3)n1)NCCC2. The lowest BCUT2D eigenvalue weighted by Crippen LogP contribution is -2.21. The molecule has 2 aliphatic rings. The van der Waals surface area contributed by atoms with E-state index in [-0.39, 0.29) is 0 Å². The average Bonchev–Trinajstić information content (AvgIpc) is 3.01. The molecule has 0 amide bonds. The third kappa shape index (κ3) is 3.55. The summed E-state index contributed by atoms with van der Waals surface area (Å²) in [5.74, 6) is 1.87. The highest BCUT2D eigenvalue weighted by molar-refractivity contribution is 5.69. The monoisotopic (exact) mass is 286 g/mol. The van der Waals surface area contributed by atoms with Crippen molar-refractivity contribution in [2.45, 2.75) is 64.3 Å². The van der Waals surface area contributed by atoms with Crippen LogP contribution in [0.25, 0.3) is 6.08 Å². The van der Waals surface area contributed by atoms with Gasteiger partial charge in [0, 0.05) is 12.6 Å². The van der Waals surface area contributed by atoms with Crippen molar-refractivity contribution in [1.29, 1.82) is 0 Å². The predicted octanol–water partition coefficient (Wildman–Crippen LogP) is 4.00. The van der Waals surface area contributed by atoms with Gasteiger partial charge in [-0.3, -0.25) is 0 Å². The zero-order valence-electron chi connectivity index (χ0n) is 13.0. The van der Waals surface area contributed by atoms with Gasteiger partial charge in [0.1, 0.15) is 0 Å². The number of fused-ring (bicyclic) bond motifs is 1. The number of nitrogens with one attached hydrogen (secondary N) is 2. The van der Waals surface area contributed by atoms with Gasteiger partial charge in [-0.25, -0.2) is 9.97 Å². The molecule has 1 fully saturated rings. The van der Waals surface area contributed by atoms with E-state index in [1.807, 2.05) is 0 Å². The van der Waals surface area contributed by atoms with Gasteiger partial charge in [-0.05, 0) is 38.2 Å². The Kier molecular flexibility index (Phi) is 4.73.